The highest BCUT2D eigenvalue weighted by Gasteiger charge is 2.48. The second-order valence-electron chi connectivity index (χ2n) is 8.89. The van der Waals surface area contributed by atoms with E-state index in [1.54, 1.807) is 57.3 Å². The van der Waals surface area contributed by atoms with Crippen LogP contribution in [-0.2, 0) is 0 Å². The van der Waals surface area contributed by atoms with E-state index < -0.39 is 0 Å². The summed E-state index contributed by atoms with van der Waals surface area (Å²) < 4.78 is 0. The highest BCUT2D eigenvalue weighted by molar-refractivity contribution is 7.59. The van der Waals surface area contributed by atoms with Crippen LogP contribution in [0.5, 0.6) is 0 Å². The zero-order chi connectivity index (χ0) is 17.1. The van der Waals surface area contributed by atoms with Crippen molar-refractivity contribution in [2.75, 3.05) is 12.3 Å². The molecule has 24 heavy (non-hydrogen) atoms. The Morgan fingerprint density at radius 1 is 0.667 bits per heavy atom. The van der Waals surface area contributed by atoms with Crippen molar-refractivity contribution >= 4 is 7.92 Å². The van der Waals surface area contributed by atoms with Gasteiger partial charge in [-0.1, -0.05) is 78.1 Å². The Morgan fingerprint density at radius 2 is 1.12 bits per heavy atom. The van der Waals surface area contributed by atoms with Crippen molar-refractivity contribution in [3.63, 3.8) is 0 Å². The van der Waals surface area contributed by atoms with Crippen LogP contribution < -0.4 is 0 Å². The molecule has 0 spiro atoms. The van der Waals surface area contributed by atoms with Crippen molar-refractivity contribution in [2.45, 2.75) is 128 Å². The first-order chi connectivity index (χ1) is 11.8. The largest absolute Gasteiger partial charge is 0.100 e. The molecule has 2 fully saturated rings. The lowest BCUT2D eigenvalue weighted by Gasteiger charge is -2.37. The molecule has 0 atom stereocenters. The summed E-state index contributed by atoms with van der Waals surface area (Å²) in [5.41, 5.74) is 0. The Balaban J connectivity index is 1.68. The van der Waals surface area contributed by atoms with E-state index in [1.807, 2.05) is 0 Å². The first-order valence-corrected chi connectivity index (χ1v) is 13.3. The van der Waals surface area contributed by atoms with Gasteiger partial charge in [-0.2, -0.15) is 0 Å². The third kappa shape index (κ3) is 6.63. The van der Waals surface area contributed by atoms with Gasteiger partial charge in [-0.15, -0.1) is 7.92 Å². The summed E-state index contributed by atoms with van der Waals surface area (Å²) in [6.07, 6.45) is 29.1. The normalized spacial score (nSPS) is 25.9. The van der Waals surface area contributed by atoms with Crippen LogP contribution in [0.15, 0.2) is 0 Å². The van der Waals surface area contributed by atoms with Gasteiger partial charge in [-0.05, 0) is 68.3 Å². The standard InChI is InChI=1S/C23H45P/c1-3-5-7-9-11-13-19-24(20-14-12-10-8-6-4-2)23-17-15-22(21-23)16-18-23/h22H,3-21H2,1-2H3. The molecule has 2 rings (SSSR count). The van der Waals surface area contributed by atoms with Gasteiger partial charge >= 0.3 is 0 Å². The monoisotopic (exact) mass is 352 g/mol. The summed E-state index contributed by atoms with van der Waals surface area (Å²) in [6.45, 7) is 4.66. The van der Waals surface area contributed by atoms with Crippen molar-refractivity contribution < 1.29 is 0 Å². The summed E-state index contributed by atoms with van der Waals surface area (Å²) in [7, 11) is 0.347. The molecule has 0 heterocycles. The average Bonchev–Trinajstić information content (AvgIpc) is 3.21. The molecule has 0 radical (unpaired) electrons. The summed E-state index contributed by atoms with van der Waals surface area (Å²) in [6, 6.07) is 0. The van der Waals surface area contributed by atoms with Gasteiger partial charge in [-0.25, -0.2) is 0 Å². The van der Waals surface area contributed by atoms with Gasteiger partial charge < -0.3 is 0 Å². The molecule has 0 unspecified atom stereocenters. The van der Waals surface area contributed by atoms with Gasteiger partial charge in [0.25, 0.3) is 0 Å². The molecule has 0 amide bonds. The summed E-state index contributed by atoms with van der Waals surface area (Å²) in [4.78, 5) is 0. The number of rotatable bonds is 15. The van der Waals surface area contributed by atoms with Crippen molar-refractivity contribution in [3.05, 3.63) is 0 Å². The Morgan fingerprint density at radius 3 is 1.54 bits per heavy atom. The van der Waals surface area contributed by atoms with Gasteiger partial charge in [0.1, 0.15) is 0 Å². The summed E-state index contributed by atoms with van der Waals surface area (Å²) in [5.74, 6) is 1.14. The molecule has 1 heteroatoms. The van der Waals surface area contributed by atoms with E-state index in [4.69, 9.17) is 0 Å². The SMILES string of the molecule is CCCCCCCCP(CCCCCCCC)C12CCC(CC1)C2. The highest BCUT2D eigenvalue weighted by atomic mass is 31.1. The fourth-order valence-electron chi connectivity index (χ4n) is 5.36. The molecule has 0 saturated heterocycles. The van der Waals surface area contributed by atoms with Gasteiger partial charge in [0.15, 0.2) is 0 Å². The van der Waals surface area contributed by atoms with Crippen molar-refractivity contribution in [1.82, 2.24) is 0 Å². The van der Waals surface area contributed by atoms with Crippen LogP contribution in [0.4, 0.5) is 0 Å². The molecule has 0 aromatic rings. The molecule has 0 aromatic heterocycles. The average molecular weight is 353 g/mol. The maximum Gasteiger partial charge on any atom is -0.00916 e. The Labute approximate surface area is 154 Å². The molecule has 0 N–H and O–H groups in total. The van der Waals surface area contributed by atoms with E-state index >= 15 is 0 Å². The Kier molecular flexibility index (Phi) is 10.3. The fraction of sp³-hybridized carbons (Fsp3) is 1.00. The predicted molar refractivity (Wildman–Crippen MR) is 113 cm³/mol. The molecule has 142 valence electrons. The maximum absolute atomic E-state index is 2.33. The van der Waals surface area contributed by atoms with E-state index in [0.717, 1.165) is 11.1 Å². The molecular formula is C23H45P. The second-order valence-corrected chi connectivity index (χ2v) is 11.8. The lowest BCUT2D eigenvalue weighted by Crippen LogP contribution is -2.23. The minimum Gasteiger partial charge on any atom is -0.100 e. The summed E-state index contributed by atoms with van der Waals surface area (Å²) in [5, 5.41) is 0.882. The van der Waals surface area contributed by atoms with Crippen molar-refractivity contribution in [2.24, 2.45) is 5.92 Å². The number of unbranched alkanes of at least 4 members (excludes halogenated alkanes) is 10. The fourth-order valence-corrected chi connectivity index (χ4v) is 9.15. The molecule has 2 saturated carbocycles. The van der Waals surface area contributed by atoms with Crippen LogP contribution in [0.2, 0.25) is 0 Å². The van der Waals surface area contributed by atoms with Crippen LogP contribution in [-0.4, -0.2) is 17.5 Å². The highest BCUT2D eigenvalue weighted by Crippen LogP contribution is 2.66. The van der Waals surface area contributed by atoms with E-state index in [0.29, 0.717) is 7.92 Å². The first-order valence-electron chi connectivity index (χ1n) is 11.6. The zero-order valence-corrected chi connectivity index (χ0v) is 17.9. The topological polar surface area (TPSA) is 0 Å². The third-order valence-electron chi connectivity index (χ3n) is 6.94. The second kappa shape index (κ2) is 11.9. The molecule has 0 nitrogen and oxygen atoms in total. The number of hydrogen-bond acceptors (Lipinski definition) is 0. The maximum atomic E-state index is 2.33. The van der Waals surface area contributed by atoms with Crippen LogP contribution in [0.3, 0.4) is 0 Å². The molecule has 2 bridgehead atoms. The van der Waals surface area contributed by atoms with Crippen molar-refractivity contribution in [3.8, 4) is 0 Å². The number of hydrogen-bond donors (Lipinski definition) is 0. The number of fused-ring (bicyclic) bond motifs is 2. The van der Waals surface area contributed by atoms with E-state index in [-0.39, 0.29) is 0 Å². The smallest absolute Gasteiger partial charge is 0.00916 e. The molecule has 0 aromatic carbocycles. The van der Waals surface area contributed by atoms with Gasteiger partial charge in [0.2, 0.25) is 0 Å². The molecule has 2 aliphatic rings. The van der Waals surface area contributed by atoms with Crippen LogP contribution in [0.25, 0.3) is 0 Å². The minimum atomic E-state index is 0.347. The summed E-state index contributed by atoms with van der Waals surface area (Å²) >= 11 is 0. The minimum absolute atomic E-state index is 0.347. The third-order valence-corrected chi connectivity index (χ3v) is 10.6. The molecular weight excluding hydrogens is 307 g/mol. The predicted octanol–water partition coefficient (Wildman–Crippen LogP) is 8.52. The quantitative estimate of drug-likeness (QED) is 0.205. The van der Waals surface area contributed by atoms with Crippen LogP contribution >= 0.6 is 7.92 Å². The van der Waals surface area contributed by atoms with Gasteiger partial charge in [0.05, 0.1) is 0 Å². The molecule has 2 aliphatic carbocycles. The lowest BCUT2D eigenvalue weighted by molar-refractivity contribution is 0.495. The first kappa shape index (κ1) is 20.7. The van der Waals surface area contributed by atoms with Crippen molar-refractivity contribution in [1.29, 1.82) is 0 Å². The van der Waals surface area contributed by atoms with Crippen LogP contribution in [0.1, 0.15) is 123 Å². The Hall–Kier alpha value is 0.430. The lowest BCUT2D eigenvalue weighted by atomic mass is 10.0. The molecule has 0 aliphatic heterocycles. The van der Waals surface area contributed by atoms with E-state index in [2.05, 4.69) is 13.8 Å². The zero-order valence-electron chi connectivity index (χ0n) is 17.0. The van der Waals surface area contributed by atoms with Gasteiger partial charge in [-0.3, -0.25) is 0 Å². The Bertz CT molecular complexity index is 287. The van der Waals surface area contributed by atoms with Crippen LogP contribution in [0, 0.1) is 5.92 Å². The van der Waals surface area contributed by atoms with E-state index in [9.17, 15) is 0 Å². The van der Waals surface area contributed by atoms with Gasteiger partial charge in [0, 0.05) is 0 Å². The van der Waals surface area contributed by atoms with E-state index in [1.165, 1.54) is 64.2 Å².